The largest absolute Gasteiger partial charge is 0.322 e. The van der Waals surface area contributed by atoms with E-state index in [1.165, 1.54) is 55.2 Å². The van der Waals surface area contributed by atoms with Crippen LogP contribution in [-0.2, 0) is 0 Å². The fourth-order valence-corrected chi connectivity index (χ4v) is 3.78. The molecule has 0 spiro atoms. The number of hydrogen-bond donors (Lipinski definition) is 1. The maximum absolute atomic E-state index is 6.80. The van der Waals surface area contributed by atoms with E-state index in [0.717, 1.165) is 0 Å². The minimum atomic E-state index is 0.107. The Morgan fingerprint density at radius 1 is 1.05 bits per heavy atom. The molecule has 2 nitrogen and oxygen atoms in total. The van der Waals surface area contributed by atoms with Crippen molar-refractivity contribution in [2.24, 2.45) is 5.73 Å². The van der Waals surface area contributed by atoms with Crippen molar-refractivity contribution in [3.05, 3.63) is 34.9 Å². The normalized spacial score (nSPS) is 20.7. The third-order valence-electron chi connectivity index (χ3n) is 5.42. The fourth-order valence-electron chi connectivity index (χ4n) is 3.78. The number of nitrogens with zero attached hydrogens (tertiary/aromatic N) is 1. The summed E-state index contributed by atoms with van der Waals surface area (Å²) in [5.74, 6) is 0. The average Bonchev–Trinajstić information content (AvgIpc) is 2.68. The van der Waals surface area contributed by atoms with Gasteiger partial charge in [-0.1, -0.05) is 43.9 Å². The highest BCUT2D eigenvalue weighted by molar-refractivity contribution is 5.37. The highest BCUT2D eigenvalue weighted by Crippen LogP contribution is 2.40. The molecule has 112 valence electrons. The minimum Gasteiger partial charge on any atom is -0.322 e. The molecule has 0 bridgehead atoms. The van der Waals surface area contributed by atoms with E-state index in [-0.39, 0.29) is 11.6 Å². The molecule has 2 rings (SSSR count). The van der Waals surface area contributed by atoms with Gasteiger partial charge in [-0.25, -0.2) is 0 Å². The molecular formula is C18H30N2. The molecule has 0 heterocycles. The lowest BCUT2D eigenvalue weighted by atomic mass is 9.77. The van der Waals surface area contributed by atoms with Crippen LogP contribution in [0.15, 0.2) is 18.2 Å². The van der Waals surface area contributed by atoms with Gasteiger partial charge in [0.1, 0.15) is 0 Å². The predicted molar refractivity (Wildman–Crippen MR) is 87.0 cm³/mol. The monoisotopic (exact) mass is 274 g/mol. The van der Waals surface area contributed by atoms with Crippen LogP contribution in [0.3, 0.4) is 0 Å². The first-order valence-electron chi connectivity index (χ1n) is 7.98. The molecule has 1 fully saturated rings. The van der Waals surface area contributed by atoms with Gasteiger partial charge < -0.3 is 10.6 Å². The SMILES string of the molecule is Cc1cccc(C(N)C2(N(C)C)CCCCCC2)c1C. The maximum Gasteiger partial charge on any atom is 0.0484 e. The zero-order valence-corrected chi connectivity index (χ0v) is 13.6. The number of aryl methyl sites for hydroxylation is 1. The molecule has 0 aliphatic heterocycles. The second-order valence-electron chi connectivity index (χ2n) is 6.68. The summed E-state index contributed by atoms with van der Waals surface area (Å²) in [7, 11) is 4.41. The molecular weight excluding hydrogens is 244 g/mol. The summed E-state index contributed by atoms with van der Waals surface area (Å²) in [4.78, 5) is 2.39. The van der Waals surface area contributed by atoms with Crippen molar-refractivity contribution < 1.29 is 0 Å². The molecule has 2 heteroatoms. The smallest absolute Gasteiger partial charge is 0.0484 e. The molecule has 20 heavy (non-hydrogen) atoms. The summed E-state index contributed by atoms with van der Waals surface area (Å²) < 4.78 is 0. The lowest BCUT2D eigenvalue weighted by molar-refractivity contribution is 0.0966. The van der Waals surface area contributed by atoms with Crippen LogP contribution in [0.4, 0.5) is 0 Å². The lowest BCUT2D eigenvalue weighted by Gasteiger charge is -2.45. The van der Waals surface area contributed by atoms with Crippen LogP contribution < -0.4 is 5.73 Å². The van der Waals surface area contributed by atoms with Crippen LogP contribution in [0.5, 0.6) is 0 Å². The first-order valence-corrected chi connectivity index (χ1v) is 7.98. The molecule has 0 saturated heterocycles. The van der Waals surface area contributed by atoms with Crippen LogP contribution in [0, 0.1) is 13.8 Å². The minimum absolute atomic E-state index is 0.107. The number of nitrogens with two attached hydrogens (primary N) is 1. The van der Waals surface area contributed by atoms with Gasteiger partial charge >= 0.3 is 0 Å². The van der Waals surface area contributed by atoms with Gasteiger partial charge in [0.15, 0.2) is 0 Å². The Balaban J connectivity index is 2.40. The third kappa shape index (κ3) is 2.77. The molecule has 0 aromatic heterocycles. The van der Waals surface area contributed by atoms with Crippen LogP contribution >= 0.6 is 0 Å². The maximum atomic E-state index is 6.80. The second-order valence-corrected chi connectivity index (χ2v) is 6.68. The summed E-state index contributed by atoms with van der Waals surface area (Å²) in [6.45, 7) is 4.39. The van der Waals surface area contributed by atoms with Gasteiger partial charge in [-0.05, 0) is 57.5 Å². The molecule has 1 atom stereocenters. The number of likely N-dealkylation sites (N-methyl/N-ethyl adjacent to an activating group) is 1. The molecule has 0 amide bonds. The molecule has 1 aliphatic rings. The van der Waals surface area contributed by atoms with Gasteiger partial charge in [-0.3, -0.25) is 0 Å². The fraction of sp³-hybridized carbons (Fsp3) is 0.667. The van der Waals surface area contributed by atoms with E-state index in [1.807, 2.05) is 0 Å². The second kappa shape index (κ2) is 6.28. The van der Waals surface area contributed by atoms with Crippen LogP contribution in [0.2, 0.25) is 0 Å². The van der Waals surface area contributed by atoms with Crippen molar-refractivity contribution in [2.75, 3.05) is 14.1 Å². The summed E-state index contributed by atoms with van der Waals surface area (Å²) in [6, 6.07) is 6.66. The Labute approximate surface area is 124 Å². The predicted octanol–water partition coefficient (Wildman–Crippen LogP) is 3.96. The number of hydrogen-bond acceptors (Lipinski definition) is 2. The van der Waals surface area contributed by atoms with E-state index in [2.05, 4.69) is 51.0 Å². The molecule has 1 aromatic carbocycles. The molecule has 1 unspecified atom stereocenters. The standard InChI is InChI=1S/C18H30N2/c1-14-10-9-11-16(15(14)2)17(19)18(20(3)4)12-7-5-6-8-13-18/h9-11,17H,5-8,12-13,19H2,1-4H3. The van der Waals surface area contributed by atoms with Crippen molar-refractivity contribution in [3.63, 3.8) is 0 Å². The first-order chi connectivity index (χ1) is 9.49. The number of rotatable bonds is 3. The van der Waals surface area contributed by atoms with Gasteiger partial charge in [0.05, 0.1) is 0 Å². The third-order valence-corrected chi connectivity index (χ3v) is 5.42. The topological polar surface area (TPSA) is 29.3 Å². The number of benzene rings is 1. The van der Waals surface area contributed by atoms with Gasteiger partial charge in [0.2, 0.25) is 0 Å². The molecule has 0 radical (unpaired) electrons. The van der Waals surface area contributed by atoms with Gasteiger partial charge in [-0.2, -0.15) is 0 Å². The Morgan fingerprint density at radius 2 is 1.65 bits per heavy atom. The van der Waals surface area contributed by atoms with Crippen molar-refractivity contribution in [1.82, 2.24) is 4.90 Å². The Bertz CT molecular complexity index is 443. The van der Waals surface area contributed by atoms with E-state index in [4.69, 9.17) is 5.73 Å². The summed E-state index contributed by atoms with van der Waals surface area (Å²) >= 11 is 0. The highest BCUT2D eigenvalue weighted by atomic mass is 15.2. The molecule has 1 aliphatic carbocycles. The van der Waals surface area contributed by atoms with E-state index < -0.39 is 0 Å². The Kier molecular flexibility index (Phi) is 4.87. The van der Waals surface area contributed by atoms with Crippen molar-refractivity contribution in [1.29, 1.82) is 0 Å². The van der Waals surface area contributed by atoms with Crippen molar-refractivity contribution in [3.8, 4) is 0 Å². The zero-order valence-electron chi connectivity index (χ0n) is 13.6. The molecule has 2 N–H and O–H groups in total. The summed E-state index contributed by atoms with van der Waals surface area (Å²) in [5, 5.41) is 0. The summed E-state index contributed by atoms with van der Waals surface area (Å²) in [5.41, 5.74) is 11.0. The van der Waals surface area contributed by atoms with E-state index >= 15 is 0 Å². The van der Waals surface area contributed by atoms with Crippen molar-refractivity contribution in [2.45, 2.75) is 64.0 Å². The summed E-state index contributed by atoms with van der Waals surface area (Å²) in [6.07, 6.45) is 7.75. The zero-order chi connectivity index (χ0) is 14.8. The van der Waals surface area contributed by atoms with Crippen LogP contribution in [0.1, 0.15) is 61.3 Å². The first kappa shape index (κ1) is 15.5. The van der Waals surface area contributed by atoms with E-state index in [0.29, 0.717) is 0 Å². The lowest BCUT2D eigenvalue weighted by Crippen LogP contribution is -2.52. The molecule has 1 aromatic rings. The highest BCUT2D eigenvalue weighted by Gasteiger charge is 2.40. The van der Waals surface area contributed by atoms with Gasteiger partial charge in [0, 0.05) is 11.6 Å². The van der Waals surface area contributed by atoms with Crippen LogP contribution in [-0.4, -0.2) is 24.5 Å². The quantitative estimate of drug-likeness (QED) is 0.845. The Morgan fingerprint density at radius 3 is 2.20 bits per heavy atom. The molecule has 1 saturated carbocycles. The van der Waals surface area contributed by atoms with Crippen LogP contribution in [0.25, 0.3) is 0 Å². The van der Waals surface area contributed by atoms with Gasteiger partial charge in [-0.15, -0.1) is 0 Å². The average molecular weight is 274 g/mol. The van der Waals surface area contributed by atoms with E-state index in [9.17, 15) is 0 Å². The van der Waals surface area contributed by atoms with Gasteiger partial charge in [0.25, 0.3) is 0 Å². The van der Waals surface area contributed by atoms with E-state index in [1.54, 1.807) is 0 Å². The van der Waals surface area contributed by atoms with Crippen molar-refractivity contribution >= 4 is 0 Å². The Hall–Kier alpha value is -0.860.